The van der Waals surface area contributed by atoms with Crippen molar-refractivity contribution in [1.82, 2.24) is 9.55 Å². The monoisotopic (exact) mass is 608 g/mol. The molecule has 9 nitrogen and oxygen atoms in total. The van der Waals surface area contributed by atoms with Gasteiger partial charge in [-0.2, -0.15) is 0 Å². The van der Waals surface area contributed by atoms with Gasteiger partial charge in [0.25, 0.3) is 5.56 Å². The zero-order valence-electron chi connectivity index (χ0n) is 26.0. The number of rotatable bonds is 11. The number of aliphatic hydroxyl groups is 1. The molecule has 43 heavy (non-hydrogen) atoms. The summed E-state index contributed by atoms with van der Waals surface area (Å²) in [5.41, 5.74) is -0.944. The number of hydrogen-bond donors (Lipinski definition) is 2. The first-order valence-electron chi connectivity index (χ1n) is 14.9. The Hall–Kier alpha value is -2.86. The van der Waals surface area contributed by atoms with E-state index in [1.54, 1.807) is 6.92 Å². The molecule has 0 spiro atoms. The van der Waals surface area contributed by atoms with Crippen molar-refractivity contribution in [1.29, 1.82) is 0 Å². The number of aromatic amines is 1. The first-order chi connectivity index (χ1) is 20.3. The van der Waals surface area contributed by atoms with Crippen molar-refractivity contribution in [3.05, 3.63) is 104 Å². The summed E-state index contributed by atoms with van der Waals surface area (Å²) in [6.07, 6.45) is -0.480. The Balaban J connectivity index is 1.59. The number of aliphatic hydroxyl groups excluding tert-OH is 1. The minimum atomic E-state index is -2.35. The van der Waals surface area contributed by atoms with Crippen molar-refractivity contribution in [2.24, 2.45) is 0 Å². The van der Waals surface area contributed by atoms with Crippen molar-refractivity contribution in [3.63, 3.8) is 0 Å². The number of H-pyrrole nitrogens is 1. The molecule has 2 fully saturated rings. The van der Waals surface area contributed by atoms with Crippen molar-refractivity contribution < 1.29 is 23.7 Å². The Labute approximate surface area is 253 Å². The number of aryl methyl sites for hydroxylation is 1. The third-order valence-electron chi connectivity index (χ3n) is 9.25. The largest absolute Gasteiger partial charge is 0.408 e. The molecule has 1 aromatic heterocycles. The van der Waals surface area contributed by atoms with Gasteiger partial charge >= 0.3 is 5.69 Å². The molecule has 1 aliphatic carbocycles. The molecule has 0 bridgehead atoms. The van der Waals surface area contributed by atoms with E-state index in [-0.39, 0.29) is 18.3 Å². The van der Waals surface area contributed by atoms with Gasteiger partial charge in [-0.3, -0.25) is 14.3 Å². The standard InChI is InChI=1S/C33H44N2O7Si/c1-23-19-35(30(38)34-28(23)37)29-26(36)27(40-21-25-15-11-8-12-16-25)33(41-29,22-39-20-24-13-9-7-10-14-24)32(17-18-32)42-43(5,6)31(2,3)4/h7-16,19,26-27,29,36H,17-18,20-22H2,1-6H3,(H,34,37,38)/t26?,27?,29-,33+/m1/s1. The Morgan fingerprint density at radius 1 is 1.00 bits per heavy atom. The van der Waals surface area contributed by atoms with Gasteiger partial charge in [0.1, 0.15) is 12.2 Å². The van der Waals surface area contributed by atoms with Gasteiger partial charge in [0.2, 0.25) is 0 Å². The lowest BCUT2D eigenvalue weighted by molar-refractivity contribution is -0.210. The molecule has 0 radical (unpaired) electrons. The zero-order valence-corrected chi connectivity index (χ0v) is 27.0. The highest BCUT2D eigenvalue weighted by atomic mass is 28.4. The summed E-state index contributed by atoms with van der Waals surface area (Å²) in [5, 5.41) is 11.9. The Bertz CT molecular complexity index is 1510. The van der Waals surface area contributed by atoms with Crippen LogP contribution in [0.2, 0.25) is 18.1 Å². The number of hydrogen-bond acceptors (Lipinski definition) is 7. The van der Waals surface area contributed by atoms with E-state index < -0.39 is 49.2 Å². The first kappa shape index (κ1) is 31.6. The highest BCUT2D eigenvalue weighted by molar-refractivity contribution is 6.74. The average Bonchev–Trinajstić information content (AvgIpc) is 3.68. The minimum absolute atomic E-state index is 0.0701. The van der Waals surface area contributed by atoms with E-state index in [1.807, 2.05) is 60.7 Å². The van der Waals surface area contributed by atoms with Crippen LogP contribution in [-0.4, -0.2) is 53.0 Å². The van der Waals surface area contributed by atoms with Crippen LogP contribution in [0.25, 0.3) is 0 Å². The third kappa shape index (κ3) is 6.22. The quantitative estimate of drug-likeness (QED) is 0.300. The van der Waals surface area contributed by atoms with Gasteiger partial charge in [0.15, 0.2) is 20.1 Å². The van der Waals surface area contributed by atoms with E-state index >= 15 is 0 Å². The molecule has 2 aliphatic rings. The fourth-order valence-corrected chi connectivity index (χ4v) is 7.30. The minimum Gasteiger partial charge on any atom is -0.408 e. The van der Waals surface area contributed by atoms with Crippen molar-refractivity contribution >= 4 is 8.32 Å². The van der Waals surface area contributed by atoms with Gasteiger partial charge in [-0.25, -0.2) is 4.79 Å². The van der Waals surface area contributed by atoms with E-state index in [4.69, 9.17) is 18.6 Å². The lowest BCUT2D eigenvalue weighted by Crippen LogP contribution is -2.62. The summed E-state index contributed by atoms with van der Waals surface area (Å²) < 4.78 is 28.3. The molecular weight excluding hydrogens is 564 g/mol. The maximum Gasteiger partial charge on any atom is 0.330 e. The molecule has 1 saturated carbocycles. The maximum atomic E-state index is 13.1. The predicted molar refractivity (Wildman–Crippen MR) is 166 cm³/mol. The number of nitrogens with zero attached hydrogens (tertiary/aromatic N) is 1. The lowest BCUT2D eigenvalue weighted by atomic mass is 9.87. The smallest absolute Gasteiger partial charge is 0.330 e. The molecule has 10 heteroatoms. The molecule has 5 rings (SSSR count). The molecule has 3 aromatic rings. The van der Waals surface area contributed by atoms with Crippen LogP contribution in [0.1, 0.15) is 56.5 Å². The molecule has 4 atom stereocenters. The summed E-state index contributed by atoms with van der Waals surface area (Å²) in [4.78, 5) is 27.6. The molecule has 2 unspecified atom stereocenters. The third-order valence-corrected chi connectivity index (χ3v) is 13.8. The molecule has 1 aliphatic heterocycles. The fourth-order valence-electron chi connectivity index (χ4n) is 5.64. The maximum absolute atomic E-state index is 13.1. The van der Waals surface area contributed by atoms with Gasteiger partial charge in [0, 0.05) is 11.8 Å². The summed E-state index contributed by atoms with van der Waals surface area (Å²) in [7, 11) is -2.35. The number of aromatic nitrogens is 2. The molecule has 1 saturated heterocycles. The van der Waals surface area contributed by atoms with Crippen LogP contribution in [0, 0.1) is 6.92 Å². The highest BCUT2D eigenvalue weighted by Crippen LogP contribution is 2.60. The van der Waals surface area contributed by atoms with Gasteiger partial charge in [-0.1, -0.05) is 81.4 Å². The van der Waals surface area contributed by atoms with Crippen molar-refractivity contribution in [2.45, 2.75) is 102 Å². The van der Waals surface area contributed by atoms with Crippen LogP contribution >= 0.6 is 0 Å². The van der Waals surface area contributed by atoms with E-state index in [0.717, 1.165) is 11.1 Å². The summed E-state index contributed by atoms with van der Waals surface area (Å²) >= 11 is 0. The van der Waals surface area contributed by atoms with Crippen molar-refractivity contribution in [3.8, 4) is 0 Å². The Kier molecular flexibility index (Phi) is 8.74. The molecule has 2 aromatic carbocycles. The van der Waals surface area contributed by atoms with E-state index in [2.05, 4.69) is 38.8 Å². The number of nitrogens with one attached hydrogen (secondary N) is 1. The normalized spacial score (nSPS) is 25.1. The SMILES string of the molecule is Cc1cn([C@@H]2O[C@](COCc3ccccc3)(C3(O[Si](C)(C)C(C)(C)C)CC3)C(OCc3ccccc3)C2O)c(=O)[nH]c1=O. The highest BCUT2D eigenvalue weighted by Gasteiger charge is 2.73. The van der Waals surface area contributed by atoms with Crippen LogP contribution < -0.4 is 11.2 Å². The van der Waals surface area contributed by atoms with E-state index in [9.17, 15) is 14.7 Å². The summed E-state index contributed by atoms with van der Waals surface area (Å²) in [6.45, 7) is 13.2. The van der Waals surface area contributed by atoms with Gasteiger partial charge in [-0.05, 0) is 49.0 Å². The summed E-state index contributed by atoms with van der Waals surface area (Å²) in [5.74, 6) is 0. The van der Waals surface area contributed by atoms with E-state index in [1.165, 1.54) is 10.8 Å². The Morgan fingerprint density at radius 3 is 2.14 bits per heavy atom. The second-order valence-corrected chi connectivity index (χ2v) is 18.1. The predicted octanol–water partition coefficient (Wildman–Crippen LogP) is 4.83. The average molecular weight is 609 g/mol. The van der Waals surface area contributed by atoms with Gasteiger partial charge < -0.3 is 23.7 Å². The molecule has 0 amide bonds. The van der Waals surface area contributed by atoms with Crippen LogP contribution in [0.3, 0.4) is 0 Å². The Morgan fingerprint density at radius 2 is 1.58 bits per heavy atom. The molecule has 2 heterocycles. The summed E-state index contributed by atoms with van der Waals surface area (Å²) in [6, 6.07) is 19.6. The zero-order chi connectivity index (χ0) is 31.0. The van der Waals surface area contributed by atoms with Gasteiger partial charge in [-0.15, -0.1) is 0 Å². The van der Waals surface area contributed by atoms with Crippen molar-refractivity contribution in [2.75, 3.05) is 6.61 Å². The molecule has 2 N–H and O–H groups in total. The van der Waals surface area contributed by atoms with Crippen LogP contribution in [0.4, 0.5) is 0 Å². The molecule has 232 valence electrons. The van der Waals surface area contributed by atoms with Crippen LogP contribution in [0.15, 0.2) is 76.4 Å². The van der Waals surface area contributed by atoms with Crippen LogP contribution in [-0.2, 0) is 31.9 Å². The molecular formula is C33H44N2O7Si. The van der Waals surface area contributed by atoms with E-state index in [0.29, 0.717) is 25.0 Å². The first-order valence-corrected chi connectivity index (χ1v) is 17.8. The fraction of sp³-hybridized carbons (Fsp3) is 0.515. The van der Waals surface area contributed by atoms with Crippen LogP contribution in [0.5, 0.6) is 0 Å². The second-order valence-electron chi connectivity index (χ2n) is 13.4. The van der Waals surface area contributed by atoms with Gasteiger partial charge in [0.05, 0.1) is 25.4 Å². The topological polar surface area (TPSA) is 112 Å². The number of benzene rings is 2. The lowest BCUT2D eigenvalue weighted by Gasteiger charge is -2.47. The number of ether oxygens (including phenoxy) is 3. The second kappa shape index (κ2) is 11.9.